The molecule has 0 aromatic heterocycles. The van der Waals surface area contributed by atoms with Crippen LogP contribution in [0.2, 0.25) is 0 Å². The van der Waals surface area contributed by atoms with Crippen LogP contribution in [0.4, 0.5) is 4.39 Å². The second-order valence-corrected chi connectivity index (χ2v) is 3.13. The summed E-state index contributed by atoms with van der Waals surface area (Å²) in [7, 11) is 1.63. The van der Waals surface area contributed by atoms with Crippen molar-refractivity contribution in [1.29, 1.82) is 0 Å². The molecule has 0 heterocycles. The molecule has 0 bridgehead atoms. The second kappa shape index (κ2) is 7.27. The van der Waals surface area contributed by atoms with E-state index in [0.717, 1.165) is 17.6 Å². The van der Waals surface area contributed by atoms with E-state index in [2.05, 4.69) is 13.2 Å². The van der Waals surface area contributed by atoms with Crippen LogP contribution < -0.4 is 0 Å². The fourth-order valence-electron chi connectivity index (χ4n) is 0.998. The van der Waals surface area contributed by atoms with E-state index in [1.165, 1.54) is 12.2 Å². The summed E-state index contributed by atoms with van der Waals surface area (Å²) in [6.45, 7) is 9.61. The summed E-state index contributed by atoms with van der Waals surface area (Å²) < 4.78 is 17.5. The van der Waals surface area contributed by atoms with Crippen LogP contribution in [-0.4, -0.2) is 13.7 Å². The Hall–Kier alpha value is -1.15. The van der Waals surface area contributed by atoms with Crippen LogP contribution in [0.5, 0.6) is 0 Å². The molecule has 78 valence electrons. The number of hydrogen-bond acceptors (Lipinski definition) is 1. The predicted molar refractivity (Wildman–Crippen MR) is 58.8 cm³/mol. The van der Waals surface area contributed by atoms with E-state index < -0.39 is 0 Å². The maximum absolute atomic E-state index is 12.6. The van der Waals surface area contributed by atoms with Gasteiger partial charge in [-0.1, -0.05) is 24.8 Å². The zero-order chi connectivity index (χ0) is 11.0. The Balaban J connectivity index is 4.13. The molecule has 0 aliphatic rings. The van der Waals surface area contributed by atoms with Crippen molar-refractivity contribution >= 4 is 0 Å². The van der Waals surface area contributed by atoms with E-state index in [9.17, 15) is 4.39 Å². The number of halogens is 1. The molecule has 0 aromatic carbocycles. The van der Waals surface area contributed by atoms with Crippen molar-refractivity contribution in [3.05, 3.63) is 48.4 Å². The fraction of sp³-hybridized carbons (Fsp3) is 0.333. The van der Waals surface area contributed by atoms with Crippen molar-refractivity contribution in [3.8, 4) is 0 Å². The zero-order valence-corrected chi connectivity index (χ0v) is 8.85. The van der Waals surface area contributed by atoms with E-state index >= 15 is 0 Å². The first-order valence-corrected chi connectivity index (χ1v) is 4.41. The lowest BCUT2D eigenvalue weighted by Crippen LogP contribution is -1.93. The van der Waals surface area contributed by atoms with Crippen molar-refractivity contribution in [2.24, 2.45) is 0 Å². The average Bonchev–Trinajstić information content (AvgIpc) is 2.14. The number of allylic oxidation sites excluding steroid dienone is 5. The third-order valence-electron chi connectivity index (χ3n) is 1.60. The molecule has 0 rings (SSSR count). The largest absolute Gasteiger partial charge is 0.380 e. The number of rotatable bonds is 6. The standard InChI is InChI=1S/C12H17FO/c1-5-12(13)7-6-10(2)8-11(3)9-14-4/h5-7H,1,3,8-9H2,2,4H3/b10-6+,12-7+. The Morgan fingerprint density at radius 3 is 2.57 bits per heavy atom. The highest BCUT2D eigenvalue weighted by molar-refractivity contribution is 5.21. The molecule has 1 nitrogen and oxygen atoms in total. The van der Waals surface area contributed by atoms with Crippen LogP contribution in [0.25, 0.3) is 0 Å². The molecule has 0 saturated heterocycles. The van der Waals surface area contributed by atoms with Crippen molar-refractivity contribution in [1.82, 2.24) is 0 Å². The van der Waals surface area contributed by atoms with Gasteiger partial charge < -0.3 is 4.74 Å². The van der Waals surface area contributed by atoms with Crippen molar-refractivity contribution < 1.29 is 9.13 Å². The predicted octanol–water partition coefficient (Wildman–Crippen LogP) is 3.56. The van der Waals surface area contributed by atoms with Gasteiger partial charge in [-0.15, -0.1) is 0 Å². The molecule has 0 N–H and O–H groups in total. The van der Waals surface area contributed by atoms with Gasteiger partial charge in [0, 0.05) is 7.11 Å². The highest BCUT2D eigenvalue weighted by Crippen LogP contribution is 2.09. The highest BCUT2D eigenvalue weighted by atomic mass is 19.1. The van der Waals surface area contributed by atoms with Gasteiger partial charge in [-0.3, -0.25) is 0 Å². The molecule has 14 heavy (non-hydrogen) atoms. The molecule has 0 radical (unpaired) electrons. The zero-order valence-electron chi connectivity index (χ0n) is 8.85. The van der Waals surface area contributed by atoms with Crippen LogP contribution in [-0.2, 0) is 4.74 Å². The van der Waals surface area contributed by atoms with Crippen LogP contribution >= 0.6 is 0 Å². The van der Waals surface area contributed by atoms with Crippen LogP contribution in [0.15, 0.2) is 48.4 Å². The third kappa shape index (κ3) is 6.38. The summed E-state index contributed by atoms with van der Waals surface area (Å²) in [5.41, 5.74) is 2.03. The number of hydrogen-bond donors (Lipinski definition) is 0. The molecule has 0 aliphatic heterocycles. The van der Waals surface area contributed by atoms with Gasteiger partial charge >= 0.3 is 0 Å². The molecule has 0 aromatic rings. The van der Waals surface area contributed by atoms with Crippen LogP contribution in [0.1, 0.15) is 13.3 Å². The Bertz CT molecular complexity index is 261. The Morgan fingerprint density at radius 1 is 1.43 bits per heavy atom. The molecule has 0 unspecified atom stereocenters. The summed E-state index contributed by atoms with van der Waals surface area (Å²) in [5.74, 6) is -0.332. The second-order valence-electron chi connectivity index (χ2n) is 3.13. The Labute approximate surface area is 85.3 Å². The lowest BCUT2D eigenvalue weighted by Gasteiger charge is -2.03. The quantitative estimate of drug-likeness (QED) is 0.466. The summed E-state index contributed by atoms with van der Waals surface area (Å²) >= 11 is 0. The minimum absolute atomic E-state index is 0.332. The maximum Gasteiger partial charge on any atom is 0.122 e. The fourth-order valence-corrected chi connectivity index (χ4v) is 0.998. The summed E-state index contributed by atoms with van der Waals surface area (Å²) in [4.78, 5) is 0. The van der Waals surface area contributed by atoms with Crippen LogP contribution in [0, 0.1) is 0 Å². The van der Waals surface area contributed by atoms with Gasteiger partial charge in [-0.25, -0.2) is 4.39 Å². The number of ether oxygens (including phenoxy) is 1. The first-order chi connectivity index (χ1) is 6.60. The van der Waals surface area contributed by atoms with Gasteiger partial charge in [0.25, 0.3) is 0 Å². The van der Waals surface area contributed by atoms with Gasteiger partial charge in [0.15, 0.2) is 0 Å². The van der Waals surface area contributed by atoms with Gasteiger partial charge in [-0.05, 0) is 31.1 Å². The summed E-state index contributed by atoms with van der Waals surface area (Å²) in [6.07, 6.45) is 5.02. The van der Waals surface area contributed by atoms with Gasteiger partial charge in [0.05, 0.1) is 6.61 Å². The third-order valence-corrected chi connectivity index (χ3v) is 1.60. The highest BCUT2D eigenvalue weighted by Gasteiger charge is 1.94. The van der Waals surface area contributed by atoms with E-state index in [4.69, 9.17) is 4.74 Å². The number of methoxy groups -OCH3 is 1. The van der Waals surface area contributed by atoms with Crippen LogP contribution in [0.3, 0.4) is 0 Å². The van der Waals surface area contributed by atoms with E-state index in [1.54, 1.807) is 13.2 Å². The molecule has 0 saturated carbocycles. The molecule has 0 spiro atoms. The van der Waals surface area contributed by atoms with E-state index in [1.807, 2.05) is 6.92 Å². The average molecular weight is 196 g/mol. The van der Waals surface area contributed by atoms with Gasteiger partial charge in [0.1, 0.15) is 5.83 Å². The molecule has 0 fully saturated rings. The molecule has 2 heteroatoms. The summed E-state index contributed by atoms with van der Waals surface area (Å²) in [6, 6.07) is 0. The lowest BCUT2D eigenvalue weighted by atomic mass is 10.1. The monoisotopic (exact) mass is 196 g/mol. The smallest absolute Gasteiger partial charge is 0.122 e. The normalized spacial score (nSPS) is 12.8. The summed E-state index contributed by atoms with van der Waals surface area (Å²) in [5, 5.41) is 0. The molecular weight excluding hydrogens is 179 g/mol. The Morgan fingerprint density at radius 2 is 2.07 bits per heavy atom. The molecule has 0 amide bonds. The first-order valence-electron chi connectivity index (χ1n) is 4.41. The lowest BCUT2D eigenvalue weighted by molar-refractivity contribution is 0.224. The maximum atomic E-state index is 12.6. The van der Waals surface area contributed by atoms with Crippen molar-refractivity contribution in [2.45, 2.75) is 13.3 Å². The minimum Gasteiger partial charge on any atom is -0.380 e. The first kappa shape index (κ1) is 12.8. The Kier molecular flexibility index (Phi) is 6.68. The van der Waals surface area contributed by atoms with Gasteiger partial charge in [-0.2, -0.15) is 0 Å². The topological polar surface area (TPSA) is 9.23 Å². The molecule has 0 aliphatic carbocycles. The molecule has 0 atom stereocenters. The molecular formula is C12H17FO. The van der Waals surface area contributed by atoms with Crippen molar-refractivity contribution in [2.75, 3.05) is 13.7 Å². The van der Waals surface area contributed by atoms with Crippen molar-refractivity contribution in [3.63, 3.8) is 0 Å². The van der Waals surface area contributed by atoms with E-state index in [-0.39, 0.29) is 5.83 Å². The minimum atomic E-state index is -0.332. The van der Waals surface area contributed by atoms with E-state index in [0.29, 0.717) is 6.61 Å². The SMILES string of the molecule is C=C/C(F)=C\C=C(/C)CC(=C)COC. The van der Waals surface area contributed by atoms with Gasteiger partial charge in [0.2, 0.25) is 0 Å².